The van der Waals surface area contributed by atoms with Crippen LogP contribution in [0.2, 0.25) is 0 Å². The summed E-state index contributed by atoms with van der Waals surface area (Å²) in [6, 6.07) is 8.80. The number of aromatic nitrogens is 2. The van der Waals surface area contributed by atoms with Crippen molar-refractivity contribution in [2.75, 3.05) is 6.54 Å². The topological polar surface area (TPSA) is 75.4 Å². The molecule has 1 atom stereocenters. The van der Waals surface area contributed by atoms with Crippen LogP contribution in [-0.4, -0.2) is 44.3 Å². The number of carboxylic acids is 1. The van der Waals surface area contributed by atoms with Crippen LogP contribution in [0.4, 0.5) is 0 Å². The van der Waals surface area contributed by atoms with E-state index in [9.17, 15) is 14.7 Å². The van der Waals surface area contributed by atoms with Crippen LogP contribution in [0.25, 0.3) is 5.69 Å². The van der Waals surface area contributed by atoms with Crippen LogP contribution in [0.3, 0.4) is 0 Å². The Labute approximate surface area is 128 Å². The number of likely N-dealkylation sites (tertiary alicyclic amines) is 1. The Morgan fingerprint density at radius 2 is 2.00 bits per heavy atom. The largest absolute Gasteiger partial charge is 0.480 e. The van der Waals surface area contributed by atoms with Crippen LogP contribution in [0.5, 0.6) is 0 Å². The van der Waals surface area contributed by atoms with Crippen molar-refractivity contribution in [2.24, 2.45) is 0 Å². The standard InChI is InChI=1S/C16H17N3O3/c1-11-13(10-17-19(11)12-6-3-2-4-7-12)15(20)18-9-5-8-14(18)16(21)22/h2-4,6-7,10,14H,5,8-9H2,1H3,(H,21,22). The van der Waals surface area contributed by atoms with E-state index < -0.39 is 12.0 Å². The van der Waals surface area contributed by atoms with Gasteiger partial charge >= 0.3 is 5.97 Å². The molecule has 6 nitrogen and oxygen atoms in total. The van der Waals surface area contributed by atoms with Crippen LogP contribution in [0, 0.1) is 6.92 Å². The van der Waals surface area contributed by atoms with E-state index >= 15 is 0 Å². The van der Waals surface area contributed by atoms with Crippen molar-refractivity contribution in [3.8, 4) is 5.69 Å². The van der Waals surface area contributed by atoms with Crippen molar-refractivity contribution < 1.29 is 14.7 Å². The van der Waals surface area contributed by atoms with Crippen LogP contribution >= 0.6 is 0 Å². The summed E-state index contributed by atoms with van der Waals surface area (Å²) in [6.07, 6.45) is 2.74. The van der Waals surface area contributed by atoms with E-state index in [0.29, 0.717) is 30.6 Å². The third-order valence-corrected chi connectivity index (χ3v) is 4.04. The van der Waals surface area contributed by atoms with E-state index in [0.717, 1.165) is 5.69 Å². The lowest BCUT2D eigenvalue weighted by Crippen LogP contribution is -2.40. The molecule has 1 aromatic carbocycles. The lowest BCUT2D eigenvalue weighted by Gasteiger charge is -2.21. The van der Waals surface area contributed by atoms with Crippen molar-refractivity contribution in [3.05, 3.63) is 47.8 Å². The number of benzene rings is 1. The Morgan fingerprint density at radius 1 is 1.27 bits per heavy atom. The summed E-state index contributed by atoms with van der Waals surface area (Å²) in [7, 11) is 0. The van der Waals surface area contributed by atoms with E-state index in [1.165, 1.54) is 11.1 Å². The number of carboxylic acid groups (broad SMARTS) is 1. The van der Waals surface area contributed by atoms with Gasteiger partial charge in [-0.15, -0.1) is 0 Å². The summed E-state index contributed by atoms with van der Waals surface area (Å²) in [5.74, 6) is -1.21. The molecule has 1 amide bonds. The van der Waals surface area contributed by atoms with Gasteiger partial charge < -0.3 is 10.0 Å². The van der Waals surface area contributed by atoms with Gasteiger partial charge in [0.2, 0.25) is 0 Å². The van der Waals surface area contributed by atoms with Gasteiger partial charge in [0.25, 0.3) is 5.91 Å². The molecule has 0 aliphatic carbocycles. The molecule has 0 spiro atoms. The summed E-state index contributed by atoms with van der Waals surface area (Å²) in [6.45, 7) is 2.30. The van der Waals surface area contributed by atoms with E-state index in [4.69, 9.17) is 0 Å². The average Bonchev–Trinajstić information content (AvgIpc) is 3.14. The number of amides is 1. The molecule has 2 heterocycles. The number of hydrogen-bond donors (Lipinski definition) is 1. The first-order valence-corrected chi connectivity index (χ1v) is 7.23. The minimum absolute atomic E-state index is 0.260. The third kappa shape index (κ3) is 2.36. The maximum absolute atomic E-state index is 12.6. The SMILES string of the molecule is Cc1c(C(=O)N2CCCC2C(=O)O)cnn1-c1ccccc1. The minimum atomic E-state index is -0.945. The van der Waals surface area contributed by atoms with Crippen LogP contribution in [0.15, 0.2) is 36.5 Å². The molecule has 2 aromatic rings. The van der Waals surface area contributed by atoms with Crippen LogP contribution in [0.1, 0.15) is 28.9 Å². The molecule has 1 N–H and O–H groups in total. The fourth-order valence-electron chi connectivity index (χ4n) is 2.87. The number of hydrogen-bond acceptors (Lipinski definition) is 3. The predicted molar refractivity (Wildman–Crippen MR) is 80.0 cm³/mol. The molecule has 6 heteroatoms. The number of aliphatic carboxylic acids is 1. The van der Waals surface area contributed by atoms with E-state index in [2.05, 4.69) is 5.10 Å². The molecule has 3 rings (SSSR count). The molecule has 1 unspecified atom stereocenters. The van der Waals surface area contributed by atoms with Gasteiger partial charge in [0, 0.05) is 6.54 Å². The zero-order valence-corrected chi connectivity index (χ0v) is 12.3. The van der Waals surface area contributed by atoms with Crippen molar-refractivity contribution in [3.63, 3.8) is 0 Å². The molecular formula is C16H17N3O3. The van der Waals surface area contributed by atoms with Crippen LogP contribution < -0.4 is 0 Å². The van der Waals surface area contributed by atoms with Gasteiger partial charge in [-0.1, -0.05) is 18.2 Å². The van der Waals surface area contributed by atoms with E-state index in [-0.39, 0.29) is 5.91 Å². The number of rotatable bonds is 3. The minimum Gasteiger partial charge on any atom is -0.480 e. The van der Waals surface area contributed by atoms with Crippen molar-refractivity contribution in [1.29, 1.82) is 0 Å². The third-order valence-electron chi connectivity index (χ3n) is 4.04. The van der Waals surface area contributed by atoms with Crippen molar-refractivity contribution in [2.45, 2.75) is 25.8 Å². The fraction of sp³-hybridized carbons (Fsp3) is 0.312. The van der Waals surface area contributed by atoms with Gasteiger partial charge in [-0.2, -0.15) is 5.10 Å². The second kappa shape index (κ2) is 5.63. The van der Waals surface area contributed by atoms with Crippen molar-refractivity contribution >= 4 is 11.9 Å². The smallest absolute Gasteiger partial charge is 0.326 e. The monoisotopic (exact) mass is 299 g/mol. The van der Waals surface area contributed by atoms with Gasteiger partial charge in [0.15, 0.2) is 0 Å². The summed E-state index contributed by atoms with van der Waals surface area (Å²) < 4.78 is 1.69. The normalized spacial score (nSPS) is 17.7. The summed E-state index contributed by atoms with van der Waals surface area (Å²) >= 11 is 0. The van der Waals surface area contributed by atoms with Gasteiger partial charge in [-0.25, -0.2) is 9.48 Å². The number of carbonyl (C=O) groups excluding carboxylic acids is 1. The highest BCUT2D eigenvalue weighted by Gasteiger charge is 2.35. The predicted octanol–water partition coefficient (Wildman–Crippen LogP) is 1.87. The molecule has 1 saturated heterocycles. The molecule has 1 aromatic heterocycles. The van der Waals surface area contributed by atoms with Gasteiger partial charge in [0.05, 0.1) is 23.1 Å². The number of para-hydroxylation sites is 1. The molecule has 1 aliphatic heterocycles. The fourth-order valence-corrected chi connectivity index (χ4v) is 2.87. The quantitative estimate of drug-likeness (QED) is 0.938. The maximum Gasteiger partial charge on any atom is 0.326 e. The van der Waals surface area contributed by atoms with Gasteiger partial charge in [0.1, 0.15) is 6.04 Å². The zero-order chi connectivity index (χ0) is 15.7. The van der Waals surface area contributed by atoms with Crippen LogP contribution in [-0.2, 0) is 4.79 Å². The maximum atomic E-state index is 12.6. The molecule has 1 aliphatic rings. The molecule has 114 valence electrons. The Hall–Kier alpha value is -2.63. The number of nitrogens with zero attached hydrogens (tertiary/aromatic N) is 3. The molecule has 0 saturated carbocycles. The molecule has 1 fully saturated rings. The lowest BCUT2D eigenvalue weighted by atomic mass is 10.2. The highest BCUT2D eigenvalue weighted by atomic mass is 16.4. The first-order valence-electron chi connectivity index (χ1n) is 7.23. The first-order chi connectivity index (χ1) is 10.6. The summed E-state index contributed by atoms with van der Waals surface area (Å²) in [5, 5.41) is 13.5. The van der Waals surface area contributed by atoms with Gasteiger partial charge in [-0.05, 0) is 31.9 Å². The lowest BCUT2D eigenvalue weighted by molar-refractivity contribution is -0.141. The first kappa shape index (κ1) is 14.3. The molecule has 22 heavy (non-hydrogen) atoms. The highest BCUT2D eigenvalue weighted by molar-refractivity contribution is 5.97. The summed E-state index contributed by atoms with van der Waals surface area (Å²) in [4.78, 5) is 25.3. The Bertz CT molecular complexity index is 709. The molecule has 0 bridgehead atoms. The second-order valence-corrected chi connectivity index (χ2v) is 5.39. The highest BCUT2D eigenvalue weighted by Crippen LogP contribution is 2.22. The molecule has 0 radical (unpaired) electrons. The Kier molecular flexibility index (Phi) is 3.66. The second-order valence-electron chi connectivity index (χ2n) is 5.39. The van der Waals surface area contributed by atoms with E-state index in [1.807, 2.05) is 37.3 Å². The van der Waals surface area contributed by atoms with Gasteiger partial charge in [-0.3, -0.25) is 4.79 Å². The van der Waals surface area contributed by atoms with E-state index in [1.54, 1.807) is 4.68 Å². The summed E-state index contributed by atoms with van der Waals surface area (Å²) in [5.41, 5.74) is 2.04. The zero-order valence-electron chi connectivity index (χ0n) is 12.3. The average molecular weight is 299 g/mol. The Morgan fingerprint density at radius 3 is 2.68 bits per heavy atom. The Balaban J connectivity index is 1.91. The number of carbonyl (C=O) groups is 2. The molecular weight excluding hydrogens is 282 g/mol. The van der Waals surface area contributed by atoms with Crippen molar-refractivity contribution in [1.82, 2.24) is 14.7 Å².